The number of carbonyl (C=O) groups is 2. The molecule has 0 bridgehead atoms. The van der Waals surface area contributed by atoms with Crippen LogP contribution in [0.5, 0.6) is 0 Å². The van der Waals surface area contributed by atoms with Gasteiger partial charge in [0.05, 0.1) is 5.69 Å². The van der Waals surface area contributed by atoms with Crippen molar-refractivity contribution in [1.82, 2.24) is 25.1 Å². The first kappa shape index (κ1) is 15.2. The summed E-state index contributed by atoms with van der Waals surface area (Å²) in [7, 11) is 3.22. The number of rotatable bonds is 5. The van der Waals surface area contributed by atoms with Crippen molar-refractivity contribution in [3.63, 3.8) is 0 Å². The van der Waals surface area contributed by atoms with E-state index in [2.05, 4.69) is 15.5 Å². The second-order valence-electron chi connectivity index (χ2n) is 4.55. The number of para-hydroxylation sites is 1. The summed E-state index contributed by atoms with van der Waals surface area (Å²) in [4.78, 5) is 25.2. The molecule has 8 heteroatoms. The molecule has 7 nitrogen and oxygen atoms in total. The van der Waals surface area contributed by atoms with E-state index >= 15 is 0 Å². The Labute approximate surface area is 126 Å². The molecule has 0 N–H and O–H groups in total. The average Bonchev–Trinajstić information content (AvgIpc) is 2.92. The van der Waals surface area contributed by atoms with E-state index in [0.29, 0.717) is 5.16 Å². The molecule has 1 unspecified atom stereocenters. The Hall–Kier alpha value is -2.22. The SMILES string of the molecule is CC(=O)C(Sc1nnnn1-c1ccccc1)C(=O)N(C)C. The molecule has 0 radical (unpaired) electrons. The van der Waals surface area contributed by atoms with Gasteiger partial charge in [-0.3, -0.25) is 9.59 Å². The van der Waals surface area contributed by atoms with Crippen LogP contribution in [0.4, 0.5) is 0 Å². The normalized spacial score (nSPS) is 12.0. The molecule has 21 heavy (non-hydrogen) atoms. The standard InChI is InChI=1S/C13H15N5O2S/c1-9(19)11(12(20)17(2)3)21-13-14-15-16-18(13)10-7-5-4-6-8-10/h4-8,11H,1-3H3. The van der Waals surface area contributed by atoms with Crippen LogP contribution >= 0.6 is 11.8 Å². The van der Waals surface area contributed by atoms with Crippen molar-refractivity contribution in [2.24, 2.45) is 0 Å². The van der Waals surface area contributed by atoms with Crippen molar-refractivity contribution in [2.45, 2.75) is 17.3 Å². The molecule has 2 aromatic rings. The van der Waals surface area contributed by atoms with E-state index in [4.69, 9.17) is 0 Å². The first-order chi connectivity index (χ1) is 10.0. The molecule has 0 spiro atoms. The summed E-state index contributed by atoms with van der Waals surface area (Å²) >= 11 is 1.05. The molecule has 1 heterocycles. The van der Waals surface area contributed by atoms with Gasteiger partial charge in [-0.15, -0.1) is 5.10 Å². The first-order valence-electron chi connectivity index (χ1n) is 6.22. The van der Waals surface area contributed by atoms with E-state index in [0.717, 1.165) is 17.4 Å². The fraction of sp³-hybridized carbons (Fsp3) is 0.308. The number of hydrogen-bond donors (Lipinski definition) is 0. The molecule has 0 aliphatic carbocycles. The van der Waals surface area contributed by atoms with Crippen molar-refractivity contribution in [3.05, 3.63) is 30.3 Å². The predicted molar refractivity (Wildman–Crippen MR) is 78.2 cm³/mol. The van der Waals surface area contributed by atoms with E-state index in [1.54, 1.807) is 14.1 Å². The minimum Gasteiger partial charge on any atom is -0.347 e. The number of tetrazole rings is 1. The fourth-order valence-electron chi connectivity index (χ4n) is 1.63. The molecule has 110 valence electrons. The smallest absolute Gasteiger partial charge is 0.243 e. The molecule has 0 fully saturated rings. The van der Waals surface area contributed by atoms with Gasteiger partial charge in [0, 0.05) is 14.1 Å². The average molecular weight is 305 g/mol. The molecular weight excluding hydrogens is 290 g/mol. The van der Waals surface area contributed by atoms with E-state index in [1.165, 1.54) is 16.5 Å². The van der Waals surface area contributed by atoms with Crippen LogP contribution in [0.3, 0.4) is 0 Å². The van der Waals surface area contributed by atoms with Crippen molar-refractivity contribution in [1.29, 1.82) is 0 Å². The van der Waals surface area contributed by atoms with E-state index in [1.807, 2.05) is 30.3 Å². The fourth-order valence-corrected chi connectivity index (χ4v) is 2.64. The third-order valence-electron chi connectivity index (χ3n) is 2.70. The molecule has 0 aliphatic rings. The Morgan fingerprint density at radius 2 is 1.90 bits per heavy atom. The van der Waals surface area contributed by atoms with Crippen LogP contribution < -0.4 is 0 Å². The van der Waals surface area contributed by atoms with Crippen LogP contribution in [0.2, 0.25) is 0 Å². The highest BCUT2D eigenvalue weighted by Gasteiger charge is 2.28. The van der Waals surface area contributed by atoms with Gasteiger partial charge in [-0.05, 0) is 29.5 Å². The van der Waals surface area contributed by atoms with Crippen molar-refractivity contribution in [3.8, 4) is 5.69 Å². The van der Waals surface area contributed by atoms with Crippen molar-refractivity contribution in [2.75, 3.05) is 14.1 Å². The second kappa shape index (κ2) is 6.49. The molecule has 1 amide bonds. The zero-order valence-electron chi connectivity index (χ0n) is 11.9. The Balaban J connectivity index is 2.29. The molecule has 2 rings (SSSR count). The summed E-state index contributed by atoms with van der Waals surface area (Å²) in [5.74, 6) is -0.517. The molecule has 1 aromatic heterocycles. The number of amides is 1. The molecular formula is C13H15N5O2S. The monoisotopic (exact) mass is 305 g/mol. The zero-order valence-corrected chi connectivity index (χ0v) is 12.7. The molecule has 1 aromatic carbocycles. The Kier molecular flexibility index (Phi) is 4.69. The third kappa shape index (κ3) is 3.46. The molecule has 0 aliphatic heterocycles. The van der Waals surface area contributed by atoms with Gasteiger partial charge in [-0.25, -0.2) is 0 Å². The Morgan fingerprint density at radius 1 is 1.24 bits per heavy atom. The number of nitrogens with zero attached hydrogens (tertiary/aromatic N) is 5. The summed E-state index contributed by atoms with van der Waals surface area (Å²) in [6, 6.07) is 9.29. The quantitative estimate of drug-likeness (QED) is 0.600. The highest BCUT2D eigenvalue weighted by molar-refractivity contribution is 8.01. The minimum absolute atomic E-state index is 0.235. The molecule has 1 atom stereocenters. The number of benzene rings is 1. The summed E-state index contributed by atoms with van der Waals surface area (Å²) in [5, 5.41) is 11.0. The number of carbonyl (C=O) groups excluding carboxylic acids is 2. The summed E-state index contributed by atoms with van der Waals surface area (Å²) < 4.78 is 1.50. The molecule has 0 saturated carbocycles. The molecule has 0 saturated heterocycles. The van der Waals surface area contributed by atoms with E-state index < -0.39 is 5.25 Å². The Morgan fingerprint density at radius 3 is 2.48 bits per heavy atom. The topological polar surface area (TPSA) is 81.0 Å². The van der Waals surface area contributed by atoms with E-state index in [9.17, 15) is 9.59 Å². The zero-order chi connectivity index (χ0) is 15.4. The number of ketones is 1. The summed E-state index contributed by atoms with van der Waals surface area (Å²) in [6.07, 6.45) is 0. The number of thioether (sulfide) groups is 1. The first-order valence-corrected chi connectivity index (χ1v) is 7.10. The lowest BCUT2D eigenvalue weighted by Crippen LogP contribution is -2.36. The van der Waals surface area contributed by atoms with Gasteiger partial charge in [0.2, 0.25) is 11.1 Å². The highest BCUT2D eigenvalue weighted by Crippen LogP contribution is 2.24. The number of Topliss-reactive ketones (excluding diaryl/α,β-unsaturated/α-hetero) is 1. The lowest BCUT2D eigenvalue weighted by atomic mass is 10.3. The summed E-state index contributed by atoms with van der Waals surface area (Å²) in [5.41, 5.74) is 0.768. The van der Waals surface area contributed by atoms with Crippen LogP contribution in [0.1, 0.15) is 6.92 Å². The van der Waals surface area contributed by atoms with Gasteiger partial charge < -0.3 is 4.90 Å². The van der Waals surface area contributed by atoms with Gasteiger partial charge in [0.1, 0.15) is 5.25 Å². The maximum atomic E-state index is 12.1. The summed E-state index contributed by atoms with van der Waals surface area (Å²) in [6.45, 7) is 1.38. The maximum absolute atomic E-state index is 12.1. The van der Waals surface area contributed by atoms with Crippen LogP contribution in [0, 0.1) is 0 Å². The van der Waals surface area contributed by atoms with Crippen molar-refractivity contribution >= 4 is 23.5 Å². The second-order valence-corrected chi connectivity index (χ2v) is 5.62. The lowest BCUT2D eigenvalue weighted by molar-refractivity contribution is -0.132. The number of aromatic nitrogens is 4. The Bertz CT molecular complexity index is 641. The highest BCUT2D eigenvalue weighted by atomic mass is 32.2. The van der Waals surface area contributed by atoms with Crippen LogP contribution in [0.25, 0.3) is 5.69 Å². The lowest BCUT2D eigenvalue weighted by Gasteiger charge is -2.17. The van der Waals surface area contributed by atoms with Crippen LogP contribution in [0.15, 0.2) is 35.5 Å². The third-order valence-corrected chi connectivity index (χ3v) is 3.93. The van der Waals surface area contributed by atoms with Gasteiger partial charge in [0.15, 0.2) is 5.78 Å². The number of hydrogen-bond acceptors (Lipinski definition) is 6. The largest absolute Gasteiger partial charge is 0.347 e. The maximum Gasteiger partial charge on any atom is 0.243 e. The van der Waals surface area contributed by atoms with Gasteiger partial charge >= 0.3 is 0 Å². The minimum atomic E-state index is -0.853. The van der Waals surface area contributed by atoms with Gasteiger partial charge in [-0.2, -0.15) is 4.68 Å². The van der Waals surface area contributed by atoms with Crippen LogP contribution in [-0.2, 0) is 9.59 Å². The van der Waals surface area contributed by atoms with Gasteiger partial charge in [-0.1, -0.05) is 30.0 Å². The van der Waals surface area contributed by atoms with Crippen molar-refractivity contribution < 1.29 is 9.59 Å². The van der Waals surface area contributed by atoms with E-state index in [-0.39, 0.29) is 11.7 Å². The van der Waals surface area contributed by atoms with Crippen LogP contribution in [-0.4, -0.2) is 56.1 Å². The van der Waals surface area contributed by atoms with Gasteiger partial charge in [0.25, 0.3) is 0 Å². The predicted octanol–water partition coefficient (Wildman–Crippen LogP) is 0.800.